The first-order chi connectivity index (χ1) is 24.1. The SMILES string of the molecule is CC(C)[C@@H](NC(=O)OCC1c2ccccc2-c2ccccc21)C(=O)N[C@@H](CCCNC(N)=O)C(=O)Nc1ccc(CO[Si](C)(C)C(C)(C)C)cc1. The summed E-state index contributed by atoms with van der Waals surface area (Å²) in [6.07, 6.45) is -0.140. The second-order valence-corrected chi connectivity index (χ2v) is 19.7. The zero-order chi connectivity index (χ0) is 37.3. The van der Waals surface area contributed by atoms with Crippen molar-refractivity contribution in [3.8, 4) is 11.1 Å². The van der Waals surface area contributed by atoms with Crippen molar-refractivity contribution in [3.63, 3.8) is 0 Å². The molecule has 0 heterocycles. The van der Waals surface area contributed by atoms with Crippen LogP contribution in [0.15, 0.2) is 72.8 Å². The van der Waals surface area contributed by atoms with E-state index in [0.29, 0.717) is 18.7 Å². The number of carbonyl (C=O) groups is 4. The van der Waals surface area contributed by atoms with E-state index in [4.69, 9.17) is 14.9 Å². The highest BCUT2D eigenvalue weighted by molar-refractivity contribution is 6.74. The van der Waals surface area contributed by atoms with Gasteiger partial charge in [-0.2, -0.15) is 0 Å². The molecule has 0 unspecified atom stereocenters. The molecule has 0 spiro atoms. The van der Waals surface area contributed by atoms with E-state index in [0.717, 1.165) is 27.8 Å². The van der Waals surface area contributed by atoms with Gasteiger partial charge in [0.1, 0.15) is 18.7 Å². The van der Waals surface area contributed by atoms with Gasteiger partial charge >= 0.3 is 12.1 Å². The van der Waals surface area contributed by atoms with E-state index in [2.05, 4.69) is 67.3 Å². The third-order valence-electron chi connectivity index (χ3n) is 9.80. The predicted molar refractivity (Wildman–Crippen MR) is 203 cm³/mol. The Bertz CT molecular complexity index is 1640. The molecule has 3 aromatic carbocycles. The monoisotopic (exact) mass is 715 g/mol. The highest BCUT2D eigenvalue weighted by Crippen LogP contribution is 2.44. The lowest BCUT2D eigenvalue weighted by Crippen LogP contribution is -2.54. The molecule has 1 aliphatic carbocycles. The zero-order valence-corrected chi connectivity index (χ0v) is 31.8. The number of fused-ring (bicyclic) bond motifs is 3. The van der Waals surface area contributed by atoms with Crippen LogP contribution in [0.5, 0.6) is 0 Å². The number of rotatable bonds is 15. The normalized spacial score (nSPS) is 13.8. The number of ether oxygens (including phenoxy) is 1. The van der Waals surface area contributed by atoms with Gasteiger partial charge in [-0.05, 0) is 76.8 Å². The molecular formula is C39H53N5O6Si. The molecule has 0 bridgehead atoms. The van der Waals surface area contributed by atoms with Crippen LogP contribution in [0.25, 0.3) is 11.1 Å². The van der Waals surface area contributed by atoms with Crippen LogP contribution in [0, 0.1) is 5.92 Å². The molecule has 6 N–H and O–H groups in total. The summed E-state index contributed by atoms with van der Waals surface area (Å²) in [5.74, 6) is -1.40. The summed E-state index contributed by atoms with van der Waals surface area (Å²) in [4.78, 5) is 51.5. The molecule has 0 aliphatic heterocycles. The highest BCUT2D eigenvalue weighted by Gasteiger charge is 2.37. The summed E-state index contributed by atoms with van der Waals surface area (Å²) in [5.41, 5.74) is 11.1. The van der Waals surface area contributed by atoms with E-state index in [1.807, 2.05) is 48.5 Å². The summed E-state index contributed by atoms with van der Waals surface area (Å²) in [6, 6.07) is 20.9. The van der Waals surface area contributed by atoms with E-state index >= 15 is 0 Å². The second-order valence-electron chi connectivity index (χ2n) is 14.9. The van der Waals surface area contributed by atoms with E-state index < -0.39 is 44.3 Å². The summed E-state index contributed by atoms with van der Waals surface area (Å²) in [6.45, 7) is 15.4. The molecule has 5 amide bonds. The minimum absolute atomic E-state index is 0.0903. The minimum atomic E-state index is -1.92. The van der Waals surface area contributed by atoms with Gasteiger partial charge in [-0.3, -0.25) is 9.59 Å². The highest BCUT2D eigenvalue weighted by atomic mass is 28.4. The molecule has 12 heteroatoms. The van der Waals surface area contributed by atoms with Gasteiger partial charge in [0.15, 0.2) is 8.32 Å². The lowest BCUT2D eigenvalue weighted by molar-refractivity contribution is -0.128. The molecule has 4 rings (SSSR count). The molecule has 0 fully saturated rings. The molecule has 2 atom stereocenters. The summed E-state index contributed by atoms with van der Waals surface area (Å²) < 4.78 is 12.0. The zero-order valence-electron chi connectivity index (χ0n) is 30.8. The average molecular weight is 716 g/mol. The standard InChI is InChI=1S/C39H53N5O6Si/c1-25(2)34(44-38(48)49-24-32-30-15-10-8-13-28(30)29-14-9-11-16-31(29)32)36(46)43-33(17-12-22-41-37(40)47)35(45)42-27-20-18-26(19-21-27)23-50-51(6,7)39(3,4)5/h8-11,13-16,18-21,25,32-34H,12,17,22-24H2,1-7H3,(H,42,45)(H,43,46)(H,44,48)(H3,40,41,47)/t33-,34+/m0/s1. The van der Waals surface area contributed by atoms with Gasteiger partial charge in [-0.25, -0.2) is 9.59 Å². The molecule has 1 aliphatic rings. The molecule has 0 radical (unpaired) electrons. The van der Waals surface area contributed by atoms with Crippen molar-refractivity contribution in [3.05, 3.63) is 89.5 Å². The van der Waals surface area contributed by atoms with Crippen LogP contribution in [0.3, 0.4) is 0 Å². The molecule has 3 aromatic rings. The fourth-order valence-electron chi connectivity index (χ4n) is 5.74. The van der Waals surface area contributed by atoms with Gasteiger partial charge in [-0.15, -0.1) is 0 Å². The van der Waals surface area contributed by atoms with Crippen molar-refractivity contribution in [2.75, 3.05) is 18.5 Å². The lowest BCUT2D eigenvalue weighted by atomic mass is 9.98. The van der Waals surface area contributed by atoms with Gasteiger partial charge in [0.25, 0.3) is 0 Å². The molecule has 11 nitrogen and oxygen atoms in total. The Morgan fingerprint density at radius 2 is 1.43 bits per heavy atom. The first-order valence-corrected chi connectivity index (χ1v) is 20.5. The summed E-state index contributed by atoms with van der Waals surface area (Å²) in [5, 5.41) is 11.0. The number of urea groups is 1. The predicted octanol–water partition coefficient (Wildman–Crippen LogP) is 6.64. The van der Waals surface area contributed by atoms with Gasteiger partial charge in [-0.1, -0.05) is 95.3 Å². The Morgan fingerprint density at radius 1 is 0.843 bits per heavy atom. The minimum Gasteiger partial charge on any atom is -0.449 e. The van der Waals surface area contributed by atoms with Crippen molar-refractivity contribution in [1.29, 1.82) is 0 Å². The van der Waals surface area contributed by atoms with E-state index in [1.54, 1.807) is 26.0 Å². The number of hydrogen-bond acceptors (Lipinski definition) is 6. The van der Waals surface area contributed by atoms with Crippen molar-refractivity contribution in [2.45, 2.75) is 90.2 Å². The molecular weight excluding hydrogens is 663 g/mol. The Kier molecular flexibility index (Phi) is 13.1. The van der Waals surface area contributed by atoms with Crippen LogP contribution in [0.2, 0.25) is 18.1 Å². The van der Waals surface area contributed by atoms with Crippen LogP contribution in [0.1, 0.15) is 70.1 Å². The van der Waals surface area contributed by atoms with Gasteiger partial charge < -0.3 is 36.2 Å². The fraction of sp³-hybridized carbons (Fsp3) is 0.436. The molecule has 0 aromatic heterocycles. The third-order valence-corrected chi connectivity index (χ3v) is 14.3. The van der Waals surface area contributed by atoms with Crippen LogP contribution in [0.4, 0.5) is 15.3 Å². The van der Waals surface area contributed by atoms with E-state index in [1.165, 1.54) is 0 Å². The lowest BCUT2D eigenvalue weighted by Gasteiger charge is -2.36. The number of nitrogens with one attached hydrogen (secondary N) is 4. The van der Waals surface area contributed by atoms with E-state index in [9.17, 15) is 19.2 Å². The maximum Gasteiger partial charge on any atom is 0.407 e. The Labute approximate surface area is 302 Å². The first kappa shape index (κ1) is 39.1. The topological polar surface area (TPSA) is 161 Å². The number of anilines is 1. The van der Waals surface area contributed by atoms with Gasteiger partial charge in [0, 0.05) is 18.2 Å². The fourth-order valence-corrected chi connectivity index (χ4v) is 6.70. The van der Waals surface area contributed by atoms with Crippen LogP contribution in [-0.4, -0.2) is 57.5 Å². The molecule has 51 heavy (non-hydrogen) atoms. The first-order valence-electron chi connectivity index (χ1n) is 17.6. The Hall–Kier alpha value is -4.68. The van der Waals surface area contributed by atoms with Crippen molar-refractivity contribution in [2.24, 2.45) is 11.7 Å². The van der Waals surface area contributed by atoms with Crippen molar-refractivity contribution < 1.29 is 28.3 Å². The third kappa shape index (κ3) is 10.4. The average Bonchev–Trinajstić information content (AvgIpc) is 3.39. The molecule has 274 valence electrons. The number of benzene rings is 3. The van der Waals surface area contributed by atoms with Gasteiger partial charge in [0.05, 0.1) is 6.61 Å². The van der Waals surface area contributed by atoms with Gasteiger partial charge in [0.2, 0.25) is 11.8 Å². The summed E-state index contributed by atoms with van der Waals surface area (Å²) in [7, 11) is -1.92. The Balaban J connectivity index is 1.38. The number of primary amides is 1. The number of amides is 5. The largest absolute Gasteiger partial charge is 0.449 e. The molecule has 0 saturated heterocycles. The summed E-state index contributed by atoms with van der Waals surface area (Å²) >= 11 is 0. The molecule has 0 saturated carbocycles. The van der Waals surface area contributed by atoms with Crippen molar-refractivity contribution in [1.82, 2.24) is 16.0 Å². The smallest absolute Gasteiger partial charge is 0.407 e. The number of alkyl carbamates (subject to hydrolysis) is 1. The quantitative estimate of drug-likeness (QED) is 0.0876. The van der Waals surface area contributed by atoms with Crippen LogP contribution >= 0.6 is 0 Å². The number of nitrogens with two attached hydrogens (primary N) is 1. The maximum atomic E-state index is 13.6. The van der Waals surface area contributed by atoms with Crippen LogP contribution in [-0.2, 0) is 25.4 Å². The number of hydrogen-bond donors (Lipinski definition) is 5. The van der Waals surface area contributed by atoms with Crippen LogP contribution < -0.4 is 27.0 Å². The maximum absolute atomic E-state index is 13.6. The second kappa shape index (κ2) is 17.0. The van der Waals surface area contributed by atoms with E-state index in [-0.39, 0.29) is 36.4 Å². The Morgan fingerprint density at radius 3 is 1.98 bits per heavy atom. The number of carbonyl (C=O) groups excluding carboxylic acids is 4. The van der Waals surface area contributed by atoms with Crippen molar-refractivity contribution >= 4 is 37.9 Å².